The van der Waals surface area contributed by atoms with Gasteiger partial charge in [0.1, 0.15) is 11.4 Å². The Morgan fingerprint density at radius 3 is 2.57 bits per heavy atom. The fraction of sp³-hybridized carbons (Fsp3) is 0.222. The highest BCUT2D eigenvalue weighted by atomic mass is 35.5. The zero-order valence-electron chi connectivity index (χ0n) is 7.24. The highest BCUT2D eigenvalue weighted by molar-refractivity contribution is 6.44. The number of halogens is 2. The van der Waals surface area contributed by atoms with Crippen molar-refractivity contribution in [2.24, 2.45) is 0 Å². The van der Waals surface area contributed by atoms with Crippen molar-refractivity contribution in [1.82, 2.24) is 0 Å². The Labute approximate surface area is 92.0 Å². The van der Waals surface area contributed by atoms with E-state index in [0.29, 0.717) is 5.69 Å². The molecule has 0 atom stereocenters. The first-order valence-corrected chi connectivity index (χ1v) is 4.83. The molecule has 0 unspecified atom stereocenters. The Bertz CT molecular complexity index is 290. The van der Waals surface area contributed by atoms with Crippen LogP contribution in [0.5, 0.6) is 0 Å². The predicted octanol–water partition coefficient (Wildman–Crippen LogP) is 3.04. The summed E-state index contributed by atoms with van der Waals surface area (Å²) >= 11 is 10.8. The normalized spacial score (nSPS) is 9.93. The van der Waals surface area contributed by atoms with Crippen LogP contribution in [0.25, 0.3) is 0 Å². The maximum absolute atomic E-state index is 11.1. The van der Waals surface area contributed by atoms with E-state index in [2.05, 4.69) is 5.32 Å². The number of alkyl halides is 2. The summed E-state index contributed by atoms with van der Waals surface area (Å²) in [6.07, 6.45) is -0.567. The lowest BCUT2D eigenvalue weighted by Gasteiger charge is -2.06. The first-order chi connectivity index (χ1) is 6.68. The van der Waals surface area contributed by atoms with Crippen molar-refractivity contribution in [2.45, 2.75) is 4.84 Å². The maximum atomic E-state index is 11.1. The molecule has 0 aliphatic carbocycles. The number of ether oxygens (including phenoxy) is 1. The first kappa shape index (κ1) is 11.1. The quantitative estimate of drug-likeness (QED) is 0.816. The summed E-state index contributed by atoms with van der Waals surface area (Å²) < 4.78 is 4.69. The van der Waals surface area contributed by atoms with Crippen molar-refractivity contribution in [1.29, 1.82) is 0 Å². The number of hydrogen-bond donors (Lipinski definition) is 1. The molecule has 0 aromatic heterocycles. The van der Waals surface area contributed by atoms with E-state index in [0.717, 1.165) is 0 Å². The average Bonchev–Trinajstić information content (AvgIpc) is 2.16. The van der Waals surface area contributed by atoms with Crippen LogP contribution >= 0.6 is 23.2 Å². The molecule has 0 heterocycles. The van der Waals surface area contributed by atoms with E-state index in [1.54, 1.807) is 12.1 Å². The van der Waals surface area contributed by atoms with Gasteiger partial charge in [-0.3, -0.25) is 5.32 Å². The average molecular weight is 234 g/mol. The van der Waals surface area contributed by atoms with Crippen LogP contribution < -0.4 is 5.32 Å². The number of benzene rings is 1. The Balaban J connectivity index is 2.35. The largest absolute Gasteiger partial charge is 0.446 e. The van der Waals surface area contributed by atoms with Crippen molar-refractivity contribution in [3.05, 3.63) is 30.3 Å². The second kappa shape index (κ2) is 5.73. The minimum atomic E-state index is -0.698. The van der Waals surface area contributed by atoms with Crippen LogP contribution in [-0.2, 0) is 4.74 Å². The predicted molar refractivity (Wildman–Crippen MR) is 56.9 cm³/mol. The van der Waals surface area contributed by atoms with Crippen LogP contribution in [0.2, 0.25) is 0 Å². The third-order valence-corrected chi connectivity index (χ3v) is 1.61. The highest BCUT2D eigenvalue weighted by Gasteiger charge is 2.05. The van der Waals surface area contributed by atoms with Gasteiger partial charge in [-0.1, -0.05) is 18.2 Å². The number of amides is 1. The molecule has 1 N–H and O–H groups in total. The molecule has 1 rings (SSSR count). The summed E-state index contributed by atoms with van der Waals surface area (Å²) in [5, 5.41) is 2.52. The lowest BCUT2D eigenvalue weighted by atomic mass is 10.3. The molecule has 5 heteroatoms. The van der Waals surface area contributed by atoms with Gasteiger partial charge in [-0.15, -0.1) is 23.2 Å². The Hall–Kier alpha value is -0.930. The van der Waals surface area contributed by atoms with Gasteiger partial charge in [-0.05, 0) is 12.1 Å². The standard InChI is InChI=1S/C9H9Cl2NO2/c10-8(11)6-14-9(13)12-7-4-2-1-3-5-7/h1-5,8H,6H2,(H,12,13). The van der Waals surface area contributed by atoms with Gasteiger partial charge >= 0.3 is 6.09 Å². The van der Waals surface area contributed by atoms with E-state index >= 15 is 0 Å². The Kier molecular flexibility index (Phi) is 4.56. The van der Waals surface area contributed by atoms with E-state index in [-0.39, 0.29) is 6.61 Å². The second-order valence-corrected chi connectivity index (χ2v) is 3.76. The number of rotatable bonds is 3. The molecule has 76 valence electrons. The molecule has 1 aromatic carbocycles. The van der Waals surface area contributed by atoms with E-state index in [1.165, 1.54) is 0 Å². The van der Waals surface area contributed by atoms with E-state index in [4.69, 9.17) is 27.9 Å². The van der Waals surface area contributed by atoms with E-state index < -0.39 is 10.9 Å². The lowest BCUT2D eigenvalue weighted by Crippen LogP contribution is -2.16. The van der Waals surface area contributed by atoms with Crippen molar-refractivity contribution >= 4 is 35.0 Å². The van der Waals surface area contributed by atoms with Crippen LogP contribution in [0.4, 0.5) is 10.5 Å². The van der Waals surface area contributed by atoms with Crippen LogP contribution in [0.3, 0.4) is 0 Å². The zero-order valence-corrected chi connectivity index (χ0v) is 8.76. The van der Waals surface area contributed by atoms with E-state index in [9.17, 15) is 4.79 Å². The third kappa shape index (κ3) is 4.35. The van der Waals surface area contributed by atoms with Crippen LogP contribution in [0, 0.1) is 0 Å². The molecule has 0 aliphatic rings. The summed E-state index contributed by atoms with van der Waals surface area (Å²) in [4.78, 5) is 10.4. The second-order valence-electron chi connectivity index (χ2n) is 2.48. The fourth-order valence-electron chi connectivity index (χ4n) is 0.814. The van der Waals surface area contributed by atoms with Crippen LogP contribution in [0.1, 0.15) is 0 Å². The molecule has 1 aromatic rings. The number of anilines is 1. The fourth-order valence-corrected chi connectivity index (χ4v) is 0.940. The van der Waals surface area contributed by atoms with Gasteiger partial charge in [0, 0.05) is 5.69 Å². The topological polar surface area (TPSA) is 38.3 Å². The Morgan fingerprint density at radius 1 is 1.36 bits per heavy atom. The van der Waals surface area contributed by atoms with Gasteiger partial charge in [0.2, 0.25) is 0 Å². The third-order valence-electron chi connectivity index (χ3n) is 1.36. The number of carbonyl (C=O) groups is 1. The molecule has 0 saturated carbocycles. The monoisotopic (exact) mass is 233 g/mol. The first-order valence-electron chi connectivity index (χ1n) is 3.95. The highest BCUT2D eigenvalue weighted by Crippen LogP contribution is 2.06. The SMILES string of the molecule is O=C(Nc1ccccc1)OCC(Cl)Cl. The smallest absolute Gasteiger partial charge is 0.411 e. The molecule has 14 heavy (non-hydrogen) atoms. The molecule has 0 fully saturated rings. The van der Waals surface area contributed by atoms with Gasteiger partial charge in [-0.2, -0.15) is 0 Å². The van der Waals surface area contributed by atoms with Gasteiger partial charge in [0.05, 0.1) is 0 Å². The number of hydrogen-bond acceptors (Lipinski definition) is 2. The molecule has 3 nitrogen and oxygen atoms in total. The molecule has 0 saturated heterocycles. The molecule has 0 bridgehead atoms. The zero-order chi connectivity index (χ0) is 10.4. The van der Waals surface area contributed by atoms with Crippen molar-refractivity contribution in [2.75, 3.05) is 11.9 Å². The van der Waals surface area contributed by atoms with Crippen molar-refractivity contribution in [3.63, 3.8) is 0 Å². The lowest BCUT2D eigenvalue weighted by molar-refractivity contribution is 0.166. The number of carbonyl (C=O) groups excluding carboxylic acids is 1. The molecule has 1 amide bonds. The summed E-state index contributed by atoms with van der Waals surface area (Å²) in [5.74, 6) is 0. The van der Waals surface area contributed by atoms with Gasteiger partial charge in [0.25, 0.3) is 0 Å². The summed E-state index contributed by atoms with van der Waals surface area (Å²) in [5.41, 5.74) is 0.665. The molecule has 0 radical (unpaired) electrons. The summed E-state index contributed by atoms with van der Waals surface area (Å²) in [6.45, 7) is -0.0260. The minimum absolute atomic E-state index is 0.0260. The maximum Gasteiger partial charge on any atom is 0.411 e. The van der Waals surface area contributed by atoms with Crippen molar-refractivity contribution in [3.8, 4) is 0 Å². The van der Waals surface area contributed by atoms with Gasteiger partial charge < -0.3 is 4.74 Å². The van der Waals surface area contributed by atoms with E-state index in [1.807, 2.05) is 18.2 Å². The molecule has 0 aliphatic heterocycles. The minimum Gasteiger partial charge on any atom is -0.446 e. The summed E-state index contributed by atoms with van der Waals surface area (Å²) in [7, 11) is 0. The number of nitrogens with one attached hydrogen (secondary N) is 1. The number of para-hydroxylation sites is 1. The Morgan fingerprint density at radius 2 is 2.00 bits per heavy atom. The summed E-state index contributed by atoms with van der Waals surface area (Å²) in [6, 6.07) is 8.97. The van der Waals surface area contributed by atoms with Crippen molar-refractivity contribution < 1.29 is 9.53 Å². The van der Waals surface area contributed by atoms with Gasteiger partial charge in [-0.25, -0.2) is 4.79 Å². The molecule has 0 spiro atoms. The van der Waals surface area contributed by atoms with Crippen LogP contribution in [-0.4, -0.2) is 17.5 Å². The molecular formula is C9H9Cl2NO2. The van der Waals surface area contributed by atoms with Crippen LogP contribution in [0.15, 0.2) is 30.3 Å². The molecular weight excluding hydrogens is 225 g/mol. The van der Waals surface area contributed by atoms with Gasteiger partial charge in [0.15, 0.2) is 0 Å².